The number of aromatic nitrogens is 2. The highest BCUT2D eigenvalue weighted by atomic mass is 32.2. The molecule has 0 aliphatic carbocycles. The fourth-order valence-corrected chi connectivity index (χ4v) is 5.00. The molecule has 2 aliphatic rings. The molecule has 2 aromatic rings. The lowest BCUT2D eigenvalue weighted by Crippen LogP contribution is -2.53. The van der Waals surface area contributed by atoms with Gasteiger partial charge in [-0.25, -0.2) is 15.4 Å². The number of carbonyl (C=O) groups excluding carboxylic acids is 1. The van der Waals surface area contributed by atoms with Crippen LogP contribution in [0.5, 0.6) is 11.5 Å². The van der Waals surface area contributed by atoms with E-state index in [2.05, 4.69) is 27.6 Å². The van der Waals surface area contributed by atoms with Crippen molar-refractivity contribution in [3.8, 4) is 11.5 Å². The van der Waals surface area contributed by atoms with Gasteiger partial charge < -0.3 is 14.8 Å². The van der Waals surface area contributed by atoms with E-state index in [0.717, 1.165) is 22.6 Å². The summed E-state index contributed by atoms with van der Waals surface area (Å²) in [6.45, 7) is 5.99. The first-order chi connectivity index (χ1) is 14.9. The molecule has 1 amide bonds. The third kappa shape index (κ3) is 4.33. The SMILES string of the molecule is COc1ccc(C2C(C)NN3C(=O)C=C(CSc4nc(C)cc(C)n4)NC23)cc1OC. The van der Waals surface area contributed by atoms with Crippen LogP contribution in [0.4, 0.5) is 0 Å². The summed E-state index contributed by atoms with van der Waals surface area (Å²) in [6.07, 6.45) is 1.43. The number of ether oxygens (including phenoxy) is 2. The molecule has 1 saturated heterocycles. The summed E-state index contributed by atoms with van der Waals surface area (Å²) in [7, 11) is 3.24. The quantitative estimate of drug-likeness (QED) is 0.522. The maximum atomic E-state index is 12.8. The molecule has 4 rings (SSSR count). The number of hydrazine groups is 1. The smallest absolute Gasteiger partial charge is 0.264 e. The Morgan fingerprint density at radius 2 is 1.81 bits per heavy atom. The van der Waals surface area contributed by atoms with Crippen molar-refractivity contribution in [3.05, 3.63) is 53.0 Å². The van der Waals surface area contributed by atoms with Crippen LogP contribution in [0.3, 0.4) is 0 Å². The van der Waals surface area contributed by atoms with Crippen LogP contribution in [0.1, 0.15) is 29.8 Å². The van der Waals surface area contributed by atoms with Crippen molar-refractivity contribution in [3.63, 3.8) is 0 Å². The third-order valence-corrected chi connectivity index (χ3v) is 6.38. The summed E-state index contributed by atoms with van der Waals surface area (Å²) in [6, 6.07) is 7.91. The predicted molar refractivity (Wildman–Crippen MR) is 119 cm³/mol. The van der Waals surface area contributed by atoms with Crippen molar-refractivity contribution in [2.45, 2.75) is 44.1 Å². The van der Waals surface area contributed by atoms with Crippen LogP contribution < -0.4 is 20.2 Å². The molecule has 8 nitrogen and oxygen atoms in total. The molecule has 1 aromatic carbocycles. The van der Waals surface area contributed by atoms with Gasteiger partial charge in [0.2, 0.25) is 0 Å². The van der Waals surface area contributed by atoms with Gasteiger partial charge in [-0.3, -0.25) is 9.80 Å². The molecule has 3 unspecified atom stereocenters. The first kappa shape index (κ1) is 21.5. The summed E-state index contributed by atoms with van der Waals surface area (Å²) < 4.78 is 10.8. The maximum Gasteiger partial charge on any atom is 0.264 e. The number of hydrogen-bond donors (Lipinski definition) is 2. The number of rotatable bonds is 6. The van der Waals surface area contributed by atoms with E-state index < -0.39 is 0 Å². The van der Waals surface area contributed by atoms with Crippen molar-refractivity contribution >= 4 is 17.7 Å². The largest absolute Gasteiger partial charge is 0.493 e. The first-order valence-corrected chi connectivity index (χ1v) is 11.1. The van der Waals surface area contributed by atoms with E-state index in [-0.39, 0.29) is 24.0 Å². The van der Waals surface area contributed by atoms with E-state index in [4.69, 9.17) is 9.47 Å². The monoisotopic (exact) mass is 441 g/mol. The fourth-order valence-electron chi connectivity index (χ4n) is 4.13. The van der Waals surface area contributed by atoms with Crippen molar-refractivity contribution in [1.82, 2.24) is 25.7 Å². The van der Waals surface area contributed by atoms with Crippen LogP contribution in [0.25, 0.3) is 0 Å². The van der Waals surface area contributed by atoms with Gasteiger partial charge in [-0.15, -0.1) is 0 Å². The zero-order chi connectivity index (χ0) is 22.1. The third-order valence-electron chi connectivity index (χ3n) is 5.48. The van der Waals surface area contributed by atoms with E-state index in [1.807, 2.05) is 38.1 Å². The normalized spacial score (nSPS) is 22.6. The van der Waals surface area contributed by atoms with Crippen LogP contribution in [0, 0.1) is 13.8 Å². The Morgan fingerprint density at radius 1 is 1.10 bits per heavy atom. The lowest BCUT2D eigenvalue weighted by atomic mass is 9.90. The minimum atomic E-state index is -0.207. The standard InChI is InChI=1S/C22H27N5O3S/c1-12-8-13(2)24-22(23-12)31-11-16-10-19(28)27-21(25-16)20(14(3)26-27)15-6-7-17(29-4)18(9-15)30-5/h6-10,14,20-21,25-26H,11H2,1-5H3. The molecule has 1 fully saturated rings. The molecule has 1 aromatic heterocycles. The summed E-state index contributed by atoms with van der Waals surface area (Å²) in [5.74, 6) is 1.92. The number of carbonyl (C=O) groups is 1. The van der Waals surface area contributed by atoms with Gasteiger partial charge in [0.1, 0.15) is 6.17 Å². The number of fused-ring (bicyclic) bond motifs is 1. The average Bonchev–Trinajstić information content (AvgIpc) is 3.07. The lowest BCUT2D eigenvalue weighted by molar-refractivity contribution is -0.131. The Bertz CT molecular complexity index is 1010. The molecule has 31 heavy (non-hydrogen) atoms. The predicted octanol–water partition coefficient (Wildman–Crippen LogP) is 2.54. The van der Waals surface area contributed by atoms with E-state index in [1.54, 1.807) is 25.3 Å². The summed E-state index contributed by atoms with van der Waals surface area (Å²) in [4.78, 5) is 21.8. The second kappa shape index (κ2) is 8.76. The number of thioether (sulfide) groups is 1. The Kier molecular flexibility index (Phi) is 6.06. The Labute approximate surface area is 186 Å². The summed E-state index contributed by atoms with van der Waals surface area (Å²) in [5.41, 5.74) is 7.10. The highest BCUT2D eigenvalue weighted by Crippen LogP contribution is 2.37. The topological polar surface area (TPSA) is 88.6 Å². The van der Waals surface area contributed by atoms with E-state index >= 15 is 0 Å². The molecule has 0 radical (unpaired) electrons. The van der Waals surface area contributed by atoms with Gasteiger partial charge in [0.15, 0.2) is 16.7 Å². The van der Waals surface area contributed by atoms with Crippen LogP contribution >= 0.6 is 11.8 Å². The molecule has 9 heteroatoms. The summed E-state index contributed by atoms with van der Waals surface area (Å²) in [5, 5.41) is 5.93. The number of nitrogens with zero attached hydrogens (tertiary/aromatic N) is 3. The number of aryl methyl sites for hydroxylation is 2. The van der Waals surface area contributed by atoms with Crippen LogP contribution in [-0.2, 0) is 4.79 Å². The molecule has 3 atom stereocenters. The van der Waals surface area contributed by atoms with E-state index in [0.29, 0.717) is 22.4 Å². The number of methoxy groups -OCH3 is 2. The number of amides is 1. The molecule has 2 N–H and O–H groups in total. The highest BCUT2D eigenvalue weighted by molar-refractivity contribution is 7.99. The summed E-state index contributed by atoms with van der Waals surface area (Å²) >= 11 is 1.52. The lowest BCUT2D eigenvalue weighted by Gasteiger charge is -2.33. The zero-order valence-corrected chi connectivity index (χ0v) is 19.1. The number of nitrogens with one attached hydrogen (secondary N) is 2. The second-order valence-corrected chi connectivity index (χ2v) is 8.69. The second-order valence-electron chi connectivity index (χ2n) is 7.75. The van der Waals surface area contributed by atoms with Gasteiger partial charge in [0.25, 0.3) is 5.91 Å². The van der Waals surface area contributed by atoms with Crippen LogP contribution in [0.15, 0.2) is 41.2 Å². The minimum Gasteiger partial charge on any atom is -0.493 e. The average molecular weight is 442 g/mol. The van der Waals surface area contributed by atoms with Crippen molar-refractivity contribution in [2.24, 2.45) is 0 Å². The van der Waals surface area contributed by atoms with Gasteiger partial charge in [0, 0.05) is 40.9 Å². The van der Waals surface area contributed by atoms with Gasteiger partial charge in [-0.2, -0.15) is 0 Å². The number of benzene rings is 1. The fraction of sp³-hybridized carbons (Fsp3) is 0.409. The van der Waals surface area contributed by atoms with Gasteiger partial charge in [-0.1, -0.05) is 17.8 Å². The van der Waals surface area contributed by atoms with Gasteiger partial charge >= 0.3 is 0 Å². The zero-order valence-electron chi connectivity index (χ0n) is 18.3. The molecule has 3 heterocycles. The Hall–Kier alpha value is -2.78. The van der Waals surface area contributed by atoms with Crippen molar-refractivity contribution in [2.75, 3.05) is 20.0 Å². The molecule has 0 spiro atoms. The maximum absolute atomic E-state index is 12.8. The highest BCUT2D eigenvalue weighted by Gasteiger charge is 2.44. The Balaban J connectivity index is 1.54. The van der Waals surface area contributed by atoms with Gasteiger partial charge in [0.05, 0.1) is 14.2 Å². The Morgan fingerprint density at radius 3 is 2.48 bits per heavy atom. The minimum absolute atomic E-state index is 0.0370. The molecule has 0 bridgehead atoms. The van der Waals surface area contributed by atoms with Crippen LogP contribution in [-0.4, -0.2) is 53.1 Å². The van der Waals surface area contributed by atoms with E-state index in [1.165, 1.54) is 11.8 Å². The van der Waals surface area contributed by atoms with Crippen molar-refractivity contribution < 1.29 is 14.3 Å². The van der Waals surface area contributed by atoms with Crippen molar-refractivity contribution in [1.29, 1.82) is 0 Å². The molecule has 164 valence electrons. The molecular weight excluding hydrogens is 414 g/mol. The number of hydrogen-bond acceptors (Lipinski definition) is 8. The molecule has 0 saturated carbocycles. The van der Waals surface area contributed by atoms with E-state index in [9.17, 15) is 4.79 Å². The van der Waals surface area contributed by atoms with Crippen LogP contribution in [0.2, 0.25) is 0 Å². The molecular formula is C22H27N5O3S. The first-order valence-electron chi connectivity index (χ1n) is 10.1. The molecule has 2 aliphatic heterocycles. The van der Waals surface area contributed by atoms with Gasteiger partial charge in [-0.05, 0) is 44.5 Å².